The van der Waals surface area contributed by atoms with E-state index in [1.54, 1.807) is 0 Å². The van der Waals surface area contributed by atoms with Gasteiger partial charge in [-0.25, -0.2) is 0 Å². The minimum Gasteiger partial charge on any atom is -0.466 e. The van der Waals surface area contributed by atoms with E-state index < -0.39 is 0 Å². The van der Waals surface area contributed by atoms with Gasteiger partial charge in [0.1, 0.15) is 0 Å². The third-order valence-corrected chi connectivity index (χ3v) is 3.74. The van der Waals surface area contributed by atoms with Crippen molar-refractivity contribution in [3.8, 4) is 0 Å². The van der Waals surface area contributed by atoms with Crippen LogP contribution in [0.3, 0.4) is 0 Å². The van der Waals surface area contributed by atoms with Crippen molar-refractivity contribution in [2.75, 3.05) is 32.9 Å². The van der Waals surface area contributed by atoms with Crippen LogP contribution in [0.15, 0.2) is 0 Å². The summed E-state index contributed by atoms with van der Waals surface area (Å²) in [6, 6.07) is 0. The zero-order valence-electron chi connectivity index (χ0n) is 10.0. The van der Waals surface area contributed by atoms with E-state index in [1.165, 1.54) is 6.42 Å². The van der Waals surface area contributed by atoms with Gasteiger partial charge in [0.15, 0.2) is 0 Å². The fourth-order valence-corrected chi connectivity index (χ4v) is 2.71. The maximum absolute atomic E-state index is 11.6. The van der Waals surface area contributed by atoms with Gasteiger partial charge < -0.3 is 9.47 Å². The summed E-state index contributed by atoms with van der Waals surface area (Å²) in [6.07, 6.45) is 4.05. The first kappa shape index (κ1) is 11.9. The lowest BCUT2D eigenvalue weighted by molar-refractivity contribution is -0.150. The molecule has 1 heterocycles. The van der Waals surface area contributed by atoms with Gasteiger partial charge in [-0.05, 0) is 26.2 Å². The van der Waals surface area contributed by atoms with Crippen LogP contribution in [-0.2, 0) is 14.3 Å². The van der Waals surface area contributed by atoms with E-state index >= 15 is 0 Å². The maximum Gasteiger partial charge on any atom is 0.307 e. The van der Waals surface area contributed by atoms with Crippen LogP contribution in [0, 0.1) is 0 Å². The lowest BCUT2D eigenvalue weighted by Gasteiger charge is -2.51. The summed E-state index contributed by atoms with van der Waals surface area (Å²) in [5.41, 5.74) is 0.0933. The second kappa shape index (κ2) is 5.15. The smallest absolute Gasteiger partial charge is 0.307 e. The van der Waals surface area contributed by atoms with Crippen LogP contribution in [0.1, 0.15) is 32.6 Å². The summed E-state index contributed by atoms with van der Waals surface area (Å²) in [5.74, 6) is -0.0475. The van der Waals surface area contributed by atoms with Crippen molar-refractivity contribution in [1.82, 2.24) is 4.90 Å². The fraction of sp³-hybridized carbons (Fsp3) is 0.917. The van der Waals surface area contributed by atoms with E-state index in [4.69, 9.17) is 9.47 Å². The molecule has 0 amide bonds. The first-order valence-corrected chi connectivity index (χ1v) is 6.25. The molecule has 0 spiro atoms. The monoisotopic (exact) mass is 227 g/mol. The van der Waals surface area contributed by atoms with Crippen LogP contribution in [0.25, 0.3) is 0 Å². The number of morpholine rings is 1. The van der Waals surface area contributed by atoms with Crippen molar-refractivity contribution in [2.24, 2.45) is 0 Å². The molecule has 0 radical (unpaired) electrons. The molecule has 92 valence electrons. The van der Waals surface area contributed by atoms with Crippen molar-refractivity contribution in [3.05, 3.63) is 0 Å². The predicted molar refractivity (Wildman–Crippen MR) is 60.2 cm³/mol. The van der Waals surface area contributed by atoms with Crippen LogP contribution in [0.2, 0.25) is 0 Å². The van der Waals surface area contributed by atoms with Crippen molar-refractivity contribution < 1.29 is 14.3 Å². The largest absolute Gasteiger partial charge is 0.466 e. The van der Waals surface area contributed by atoms with Gasteiger partial charge in [0.25, 0.3) is 0 Å². The van der Waals surface area contributed by atoms with Crippen molar-refractivity contribution in [1.29, 1.82) is 0 Å². The minimum atomic E-state index is -0.0475. The average Bonchev–Trinajstić information content (AvgIpc) is 2.25. The number of hydrogen-bond acceptors (Lipinski definition) is 4. The number of ether oxygens (including phenoxy) is 2. The highest BCUT2D eigenvalue weighted by Gasteiger charge is 2.44. The summed E-state index contributed by atoms with van der Waals surface area (Å²) in [5, 5.41) is 0. The fourth-order valence-electron chi connectivity index (χ4n) is 2.71. The Labute approximate surface area is 96.9 Å². The van der Waals surface area contributed by atoms with Gasteiger partial charge >= 0.3 is 5.97 Å². The molecule has 4 heteroatoms. The van der Waals surface area contributed by atoms with Crippen LogP contribution in [0.4, 0.5) is 0 Å². The first-order chi connectivity index (χ1) is 7.77. The van der Waals surface area contributed by atoms with E-state index in [2.05, 4.69) is 4.90 Å². The Kier molecular flexibility index (Phi) is 3.82. The molecule has 2 aliphatic rings. The van der Waals surface area contributed by atoms with Crippen molar-refractivity contribution >= 4 is 5.97 Å². The predicted octanol–water partition coefficient (Wildman–Crippen LogP) is 1.19. The van der Waals surface area contributed by atoms with Gasteiger partial charge in [-0.2, -0.15) is 0 Å². The molecule has 0 unspecified atom stereocenters. The molecule has 0 bridgehead atoms. The molecule has 0 aromatic heterocycles. The molecular formula is C12H21NO3. The Morgan fingerprint density at radius 3 is 2.56 bits per heavy atom. The lowest BCUT2D eigenvalue weighted by Crippen LogP contribution is -2.58. The topological polar surface area (TPSA) is 38.8 Å². The molecule has 16 heavy (non-hydrogen) atoms. The SMILES string of the molecule is CCOC(=O)CC1(N2CCOCC2)CCC1. The molecule has 1 aliphatic carbocycles. The summed E-state index contributed by atoms with van der Waals surface area (Å²) < 4.78 is 10.4. The summed E-state index contributed by atoms with van der Waals surface area (Å²) in [6.45, 7) is 5.85. The second-order valence-electron chi connectivity index (χ2n) is 4.66. The van der Waals surface area contributed by atoms with Gasteiger partial charge in [0.05, 0.1) is 26.2 Å². The van der Waals surface area contributed by atoms with E-state index in [0.29, 0.717) is 13.0 Å². The molecule has 4 nitrogen and oxygen atoms in total. The Morgan fingerprint density at radius 1 is 1.38 bits per heavy atom. The Balaban J connectivity index is 1.92. The Morgan fingerprint density at radius 2 is 2.06 bits per heavy atom. The summed E-state index contributed by atoms with van der Waals surface area (Å²) in [7, 11) is 0. The van der Waals surface area contributed by atoms with Gasteiger partial charge in [-0.15, -0.1) is 0 Å². The molecule has 1 aliphatic heterocycles. The normalized spacial score (nSPS) is 24.8. The number of esters is 1. The van der Waals surface area contributed by atoms with Crippen LogP contribution < -0.4 is 0 Å². The lowest BCUT2D eigenvalue weighted by atomic mass is 9.72. The third kappa shape index (κ3) is 2.38. The second-order valence-corrected chi connectivity index (χ2v) is 4.66. The van der Waals surface area contributed by atoms with Gasteiger partial charge in [-0.1, -0.05) is 0 Å². The zero-order chi connectivity index (χ0) is 11.4. The average molecular weight is 227 g/mol. The molecule has 1 saturated carbocycles. The molecule has 0 aromatic carbocycles. The van der Waals surface area contributed by atoms with Gasteiger partial charge in [-0.3, -0.25) is 9.69 Å². The number of rotatable bonds is 4. The standard InChI is InChI=1S/C12H21NO3/c1-2-16-11(14)10-12(4-3-5-12)13-6-8-15-9-7-13/h2-10H2,1H3. The maximum atomic E-state index is 11.6. The van der Waals surface area contributed by atoms with Gasteiger partial charge in [0.2, 0.25) is 0 Å². The number of hydrogen-bond donors (Lipinski definition) is 0. The highest BCUT2D eigenvalue weighted by Crippen LogP contribution is 2.41. The van der Waals surface area contributed by atoms with E-state index in [-0.39, 0.29) is 11.5 Å². The summed E-state index contributed by atoms with van der Waals surface area (Å²) in [4.78, 5) is 14.0. The van der Waals surface area contributed by atoms with E-state index in [1.807, 2.05) is 6.92 Å². The van der Waals surface area contributed by atoms with Gasteiger partial charge in [0, 0.05) is 18.6 Å². The molecule has 0 atom stereocenters. The molecule has 1 saturated heterocycles. The Hall–Kier alpha value is -0.610. The Bertz CT molecular complexity index is 245. The van der Waals surface area contributed by atoms with Crippen molar-refractivity contribution in [3.63, 3.8) is 0 Å². The van der Waals surface area contributed by atoms with E-state index in [0.717, 1.165) is 39.1 Å². The number of carbonyl (C=O) groups is 1. The molecule has 0 aromatic rings. The van der Waals surface area contributed by atoms with Crippen LogP contribution in [0.5, 0.6) is 0 Å². The first-order valence-electron chi connectivity index (χ1n) is 6.25. The highest BCUT2D eigenvalue weighted by atomic mass is 16.5. The highest BCUT2D eigenvalue weighted by molar-refractivity contribution is 5.71. The molecule has 0 N–H and O–H groups in total. The molecule has 2 rings (SSSR count). The third-order valence-electron chi connectivity index (χ3n) is 3.74. The number of nitrogens with zero attached hydrogens (tertiary/aromatic N) is 1. The summed E-state index contributed by atoms with van der Waals surface area (Å²) >= 11 is 0. The van der Waals surface area contributed by atoms with E-state index in [9.17, 15) is 4.79 Å². The van der Waals surface area contributed by atoms with Crippen LogP contribution in [-0.4, -0.2) is 49.3 Å². The zero-order valence-corrected chi connectivity index (χ0v) is 10.0. The molecular weight excluding hydrogens is 206 g/mol. The van der Waals surface area contributed by atoms with Crippen LogP contribution >= 0.6 is 0 Å². The number of carbonyl (C=O) groups excluding carboxylic acids is 1. The minimum absolute atomic E-state index is 0.0475. The quantitative estimate of drug-likeness (QED) is 0.676. The van der Waals surface area contributed by atoms with Crippen molar-refractivity contribution in [2.45, 2.75) is 38.1 Å². The molecule has 2 fully saturated rings.